The largest absolute Gasteiger partial charge is 0.344 e. The first kappa shape index (κ1) is 27.8. The summed E-state index contributed by atoms with van der Waals surface area (Å²) in [6, 6.07) is 20.1. The van der Waals surface area contributed by atoms with E-state index in [1.54, 1.807) is 6.92 Å². The smallest absolute Gasteiger partial charge is 0.323 e. The van der Waals surface area contributed by atoms with E-state index >= 15 is 0 Å². The van der Waals surface area contributed by atoms with Crippen LogP contribution in [0.3, 0.4) is 0 Å². The first-order valence-corrected chi connectivity index (χ1v) is 14.6. The Balaban J connectivity index is 1.96. The van der Waals surface area contributed by atoms with Crippen molar-refractivity contribution in [2.24, 2.45) is 0 Å². The van der Waals surface area contributed by atoms with Crippen LogP contribution in [-0.2, 0) is 9.09 Å². The van der Waals surface area contributed by atoms with Gasteiger partial charge in [0.15, 0.2) is 0 Å². The van der Waals surface area contributed by atoms with Gasteiger partial charge in [-0.05, 0) is 24.5 Å². The molecule has 0 spiro atoms. The Labute approximate surface area is 201 Å². The molecule has 2 atom stereocenters. The zero-order chi connectivity index (χ0) is 23.8. The maximum Gasteiger partial charge on any atom is 0.344 e. The van der Waals surface area contributed by atoms with Crippen molar-refractivity contribution in [3.05, 3.63) is 71.8 Å². The van der Waals surface area contributed by atoms with E-state index in [0.717, 1.165) is 24.0 Å². The topological polar surface area (TPSA) is 58.6 Å². The average Bonchev–Trinajstić information content (AvgIpc) is 2.83. The highest BCUT2D eigenvalue weighted by Crippen LogP contribution is 2.49. The van der Waals surface area contributed by atoms with Crippen LogP contribution in [0.2, 0.25) is 0 Å². The minimum atomic E-state index is -3.79. The van der Waals surface area contributed by atoms with Crippen molar-refractivity contribution in [1.29, 1.82) is 0 Å². The third-order valence-electron chi connectivity index (χ3n) is 6.16. The number of unbranched alkanes of at least 4 members (excludes halogenated alkanes) is 9. The second kappa shape index (κ2) is 16.2. The van der Waals surface area contributed by atoms with Crippen LogP contribution in [0.25, 0.3) is 0 Å². The molecular formula is C28H44NO3P. The summed E-state index contributed by atoms with van der Waals surface area (Å²) in [4.78, 5) is 10.7. The third kappa shape index (κ3) is 10.6. The van der Waals surface area contributed by atoms with Gasteiger partial charge in [-0.25, -0.2) is 0 Å². The molecule has 2 aromatic carbocycles. The lowest BCUT2D eigenvalue weighted by Gasteiger charge is -2.29. The van der Waals surface area contributed by atoms with Crippen LogP contribution >= 0.6 is 7.60 Å². The van der Waals surface area contributed by atoms with Crippen molar-refractivity contribution in [3.8, 4) is 0 Å². The summed E-state index contributed by atoms with van der Waals surface area (Å²) < 4.78 is 18.4. The van der Waals surface area contributed by atoms with Crippen LogP contribution in [0.4, 0.5) is 0 Å². The molecule has 0 saturated heterocycles. The fraction of sp³-hybridized carbons (Fsp3) is 0.571. The highest BCUT2D eigenvalue weighted by molar-refractivity contribution is 7.53. The van der Waals surface area contributed by atoms with E-state index in [9.17, 15) is 9.46 Å². The van der Waals surface area contributed by atoms with Crippen molar-refractivity contribution in [2.45, 2.75) is 96.3 Å². The Kier molecular flexibility index (Phi) is 13.7. The SMILES string of the molecule is CCCCCCCCCCCCC(NC(c1ccccc1)c1ccccc1)P(=O)(O)OCC. The molecule has 0 amide bonds. The van der Waals surface area contributed by atoms with E-state index in [0.29, 0.717) is 6.42 Å². The van der Waals surface area contributed by atoms with Gasteiger partial charge in [0.05, 0.1) is 12.6 Å². The summed E-state index contributed by atoms with van der Waals surface area (Å²) in [5.74, 6) is -0.600. The highest BCUT2D eigenvalue weighted by Gasteiger charge is 2.34. The van der Waals surface area contributed by atoms with E-state index < -0.39 is 13.4 Å². The van der Waals surface area contributed by atoms with Gasteiger partial charge in [0.2, 0.25) is 0 Å². The van der Waals surface area contributed by atoms with Crippen molar-refractivity contribution in [3.63, 3.8) is 0 Å². The van der Waals surface area contributed by atoms with Gasteiger partial charge >= 0.3 is 7.60 Å². The molecule has 0 aliphatic rings. The zero-order valence-corrected chi connectivity index (χ0v) is 21.5. The summed E-state index contributed by atoms with van der Waals surface area (Å²) in [5, 5.41) is 3.50. The van der Waals surface area contributed by atoms with Crippen LogP contribution in [0.1, 0.15) is 102 Å². The molecule has 0 fully saturated rings. The summed E-state index contributed by atoms with van der Waals surface area (Å²) in [6.07, 6.45) is 13.0. The second-order valence-corrected chi connectivity index (χ2v) is 10.9. The predicted octanol–water partition coefficient (Wildman–Crippen LogP) is 8.22. The van der Waals surface area contributed by atoms with Crippen molar-refractivity contribution >= 4 is 7.60 Å². The van der Waals surface area contributed by atoms with Crippen LogP contribution in [0.5, 0.6) is 0 Å². The lowest BCUT2D eigenvalue weighted by atomic mass is 9.98. The average molecular weight is 474 g/mol. The van der Waals surface area contributed by atoms with Gasteiger partial charge in [-0.2, -0.15) is 0 Å². The van der Waals surface area contributed by atoms with E-state index in [1.165, 1.54) is 51.4 Å². The van der Waals surface area contributed by atoms with Gasteiger partial charge in [0.25, 0.3) is 0 Å². The number of nitrogens with one attached hydrogen (secondary N) is 1. The number of hydrogen-bond acceptors (Lipinski definition) is 3. The van der Waals surface area contributed by atoms with Crippen LogP contribution < -0.4 is 5.32 Å². The minimum Gasteiger partial charge on any atom is -0.323 e. The standard InChI is InChI=1S/C28H44NO3P/c1-3-5-6-7-8-9-10-11-12-19-24-27(33(30,31)32-4-2)29-28(25-20-15-13-16-21-25)26-22-17-14-18-23-26/h13-18,20-23,27-29H,3-12,19,24H2,1-2H3,(H,30,31). The first-order chi connectivity index (χ1) is 16.1. The minimum absolute atomic E-state index is 0.165. The van der Waals surface area contributed by atoms with Gasteiger partial charge in [0, 0.05) is 0 Å². The van der Waals surface area contributed by atoms with Gasteiger partial charge < -0.3 is 9.42 Å². The molecule has 0 aliphatic carbocycles. The molecule has 0 aromatic heterocycles. The molecule has 5 heteroatoms. The van der Waals surface area contributed by atoms with Gasteiger partial charge in [0.1, 0.15) is 5.78 Å². The first-order valence-electron chi connectivity index (χ1n) is 12.9. The molecule has 0 bridgehead atoms. The van der Waals surface area contributed by atoms with Crippen LogP contribution in [0, 0.1) is 0 Å². The summed E-state index contributed by atoms with van der Waals surface area (Å²) in [7, 11) is -3.79. The van der Waals surface area contributed by atoms with Crippen LogP contribution in [0.15, 0.2) is 60.7 Å². The fourth-order valence-electron chi connectivity index (χ4n) is 4.31. The molecule has 184 valence electrons. The number of benzene rings is 2. The maximum atomic E-state index is 13.1. The molecule has 2 unspecified atom stereocenters. The Hall–Kier alpha value is -1.45. The molecule has 4 nitrogen and oxygen atoms in total. The Morgan fingerprint density at radius 3 is 1.67 bits per heavy atom. The maximum absolute atomic E-state index is 13.1. The molecule has 2 N–H and O–H groups in total. The quantitative estimate of drug-likeness (QED) is 0.169. The molecule has 0 radical (unpaired) electrons. The summed E-state index contributed by atoms with van der Waals surface area (Å²) in [6.45, 7) is 4.25. The molecule has 0 saturated carbocycles. The van der Waals surface area contributed by atoms with Crippen molar-refractivity contribution in [1.82, 2.24) is 5.32 Å². The number of hydrogen-bond donors (Lipinski definition) is 2. The summed E-state index contributed by atoms with van der Waals surface area (Å²) >= 11 is 0. The third-order valence-corrected chi connectivity index (χ3v) is 7.99. The van der Waals surface area contributed by atoms with E-state index in [-0.39, 0.29) is 12.6 Å². The highest BCUT2D eigenvalue weighted by atomic mass is 31.2. The van der Waals surface area contributed by atoms with Crippen LogP contribution in [-0.4, -0.2) is 17.3 Å². The molecule has 0 aliphatic heterocycles. The van der Waals surface area contributed by atoms with Gasteiger partial charge in [-0.3, -0.25) is 9.88 Å². The van der Waals surface area contributed by atoms with Crippen molar-refractivity contribution < 1.29 is 14.0 Å². The van der Waals surface area contributed by atoms with Gasteiger partial charge in [-0.1, -0.05) is 132 Å². The lowest BCUT2D eigenvalue weighted by molar-refractivity contribution is 0.252. The Morgan fingerprint density at radius 2 is 1.21 bits per heavy atom. The molecule has 2 rings (SSSR count). The molecular weight excluding hydrogens is 429 g/mol. The van der Waals surface area contributed by atoms with Gasteiger partial charge in [-0.15, -0.1) is 0 Å². The number of rotatable bonds is 18. The fourth-order valence-corrected chi connectivity index (χ4v) is 5.71. The molecule has 0 heterocycles. The van der Waals surface area contributed by atoms with E-state index in [4.69, 9.17) is 4.52 Å². The normalized spacial score (nSPS) is 14.3. The molecule has 2 aromatic rings. The second-order valence-electron chi connectivity index (χ2n) is 8.89. The lowest BCUT2D eigenvalue weighted by Crippen LogP contribution is -2.34. The monoisotopic (exact) mass is 473 g/mol. The zero-order valence-electron chi connectivity index (χ0n) is 20.6. The van der Waals surface area contributed by atoms with E-state index in [1.807, 2.05) is 36.4 Å². The Morgan fingerprint density at radius 1 is 0.758 bits per heavy atom. The predicted molar refractivity (Wildman–Crippen MR) is 140 cm³/mol. The van der Waals surface area contributed by atoms with Crippen molar-refractivity contribution in [2.75, 3.05) is 6.61 Å². The Bertz CT molecular complexity index is 745. The molecule has 33 heavy (non-hydrogen) atoms. The summed E-state index contributed by atoms with van der Waals surface area (Å²) in [5.41, 5.74) is 2.15. The van der Waals surface area contributed by atoms with E-state index in [2.05, 4.69) is 36.5 Å².